The van der Waals surface area contributed by atoms with Crippen LogP contribution in [0.4, 0.5) is 4.39 Å². The molecule has 5 nitrogen and oxygen atoms in total. The Labute approximate surface area is 160 Å². The highest BCUT2D eigenvalue weighted by molar-refractivity contribution is 5.90. The quantitative estimate of drug-likeness (QED) is 0.750. The summed E-state index contributed by atoms with van der Waals surface area (Å²) in [4.78, 5) is 21.3. The lowest BCUT2D eigenvalue weighted by Gasteiger charge is -2.35. The van der Waals surface area contributed by atoms with Crippen LogP contribution < -0.4 is 0 Å². The van der Waals surface area contributed by atoms with Crippen molar-refractivity contribution in [2.75, 3.05) is 32.7 Å². The zero-order valence-electron chi connectivity index (χ0n) is 16.3. The van der Waals surface area contributed by atoms with Crippen molar-refractivity contribution >= 4 is 5.91 Å². The molecular weight excluding hydrogens is 343 g/mol. The van der Waals surface area contributed by atoms with Crippen LogP contribution in [0, 0.1) is 11.7 Å². The second kappa shape index (κ2) is 9.13. The minimum atomic E-state index is -0.171. The number of carbonyl (C=O) groups is 1. The Morgan fingerprint density at radius 1 is 1.41 bits per heavy atom. The molecule has 1 aliphatic heterocycles. The van der Waals surface area contributed by atoms with Crippen molar-refractivity contribution in [3.8, 4) is 0 Å². The number of imidazole rings is 1. The van der Waals surface area contributed by atoms with E-state index in [4.69, 9.17) is 0 Å². The van der Waals surface area contributed by atoms with Crippen LogP contribution >= 0.6 is 0 Å². The van der Waals surface area contributed by atoms with E-state index in [0.717, 1.165) is 51.0 Å². The van der Waals surface area contributed by atoms with Crippen molar-refractivity contribution in [2.24, 2.45) is 13.0 Å². The van der Waals surface area contributed by atoms with Gasteiger partial charge in [-0.05, 0) is 56.3 Å². The average Bonchev–Trinajstić information content (AvgIpc) is 3.10. The summed E-state index contributed by atoms with van der Waals surface area (Å²) in [7, 11) is 1.85. The van der Waals surface area contributed by atoms with E-state index in [1.165, 1.54) is 6.07 Å². The number of aryl methyl sites for hydroxylation is 1. The lowest BCUT2D eigenvalue weighted by molar-refractivity contribution is 0.0675. The highest BCUT2D eigenvalue weighted by Gasteiger charge is 2.25. The summed E-state index contributed by atoms with van der Waals surface area (Å²) < 4.78 is 15.1. The molecule has 1 fully saturated rings. The lowest BCUT2D eigenvalue weighted by Crippen LogP contribution is -2.43. The standard InChI is InChI=1S/C21H29FN4O/c1-3-26(21(27)20-23-10-13-24(20)2)16-18-7-5-11-25(15-18)12-9-17-6-4-8-19(22)14-17/h4,6,8,10,13-14,18H,3,5,7,9,11-12,15-16H2,1-2H3/t18-/m0/s1. The highest BCUT2D eigenvalue weighted by Crippen LogP contribution is 2.19. The number of piperidine rings is 1. The summed E-state index contributed by atoms with van der Waals surface area (Å²) in [6.45, 7) is 6.46. The molecule has 3 rings (SSSR count). The van der Waals surface area contributed by atoms with Crippen molar-refractivity contribution < 1.29 is 9.18 Å². The van der Waals surface area contributed by atoms with Gasteiger partial charge >= 0.3 is 0 Å². The van der Waals surface area contributed by atoms with Gasteiger partial charge in [-0.25, -0.2) is 9.37 Å². The maximum atomic E-state index is 13.3. The molecule has 1 aliphatic rings. The van der Waals surface area contributed by atoms with Gasteiger partial charge in [0.05, 0.1) is 0 Å². The van der Waals surface area contributed by atoms with Crippen molar-refractivity contribution in [3.05, 3.63) is 53.9 Å². The predicted molar refractivity (Wildman–Crippen MR) is 104 cm³/mol. The first-order valence-electron chi connectivity index (χ1n) is 9.80. The molecule has 0 unspecified atom stereocenters. The molecule has 1 saturated heterocycles. The van der Waals surface area contributed by atoms with Crippen LogP contribution in [0.1, 0.15) is 35.9 Å². The van der Waals surface area contributed by atoms with Crippen molar-refractivity contribution in [1.29, 1.82) is 0 Å². The Hall–Kier alpha value is -2.21. The molecule has 1 aromatic heterocycles. The maximum Gasteiger partial charge on any atom is 0.289 e. The monoisotopic (exact) mass is 372 g/mol. The Kier molecular flexibility index (Phi) is 6.61. The second-order valence-corrected chi connectivity index (χ2v) is 7.39. The second-order valence-electron chi connectivity index (χ2n) is 7.39. The Bertz CT molecular complexity index is 760. The van der Waals surface area contributed by atoms with Gasteiger partial charge in [0, 0.05) is 45.6 Å². The highest BCUT2D eigenvalue weighted by atomic mass is 19.1. The van der Waals surface area contributed by atoms with Crippen LogP contribution in [0.3, 0.4) is 0 Å². The first-order valence-corrected chi connectivity index (χ1v) is 9.80. The van der Waals surface area contributed by atoms with Crippen LogP contribution in [-0.4, -0.2) is 58.0 Å². The normalized spacial score (nSPS) is 17.8. The molecule has 0 radical (unpaired) electrons. The van der Waals surface area contributed by atoms with Crippen molar-refractivity contribution in [3.63, 3.8) is 0 Å². The van der Waals surface area contributed by atoms with Crippen molar-refractivity contribution in [2.45, 2.75) is 26.2 Å². The molecule has 1 amide bonds. The smallest absolute Gasteiger partial charge is 0.289 e. The molecule has 146 valence electrons. The first kappa shape index (κ1) is 19.5. The minimum absolute atomic E-state index is 0.00174. The van der Waals surface area contributed by atoms with Gasteiger partial charge in [0.25, 0.3) is 5.91 Å². The van der Waals surface area contributed by atoms with Gasteiger partial charge in [0.15, 0.2) is 5.82 Å². The Balaban J connectivity index is 1.54. The summed E-state index contributed by atoms with van der Waals surface area (Å²) in [6, 6.07) is 6.85. The maximum absolute atomic E-state index is 13.3. The summed E-state index contributed by atoms with van der Waals surface area (Å²) >= 11 is 0. The van der Waals surface area contributed by atoms with E-state index < -0.39 is 0 Å². The number of likely N-dealkylation sites (tertiary alicyclic amines) is 1. The lowest BCUT2D eigenvalue weighted by atomic mass is 9.96. The fourth-order valence-electron chi connectivity index (χ4n) is 3.86. The molecule has 0 aliphatic carbocycles. The van der Waals surface area contributed by atoms with E-state index in [1.807, 2.05) is 24.9 Å². The number of benzene rings is 1. The molecule has 2 heterocycles. The molecule has 1 atom stereocenters. The third kappa shape index (κ3) is 5.16. The van der Waals surface area contributed by atoms with E-state index in [0.29, 0.717) is 18.3 Å². The number of hydrogen-bond donors (Lipinski definition) is 0. The van der Waals surface area contributed by atoms with E-state index in [2.05, 4.69) is 9.88 Å². The number of carbonyl (C=O) groups excluding carboxylic acids is 1. The molecule has 1 aromatic carbocycles. The molecule has 6 heteroatoms. The van der Waals surface area contributed by atoms with E-state index >= 15 is 0 Å². The summed E-state index contributed by atoms with van der Waals surface area (Å²) in [6.07, 6.45) is 6.60. The Morgan fingerprint density at radius 2 is 2.26 bits per heavy atom. The third-order valence-electron chi connectivity index (χ3n) is 5.37. The SMILES string of the molecule is CCN(C[C@H]1CCCN(CCc2cccc(F)c2)C1)C(=O)c1nccn1C. The fourth-order valence-corrected chi connectivity index (χ4v) is 3.86. The molecule has 0 N–H and O–H groups in total. The van der Waals surface area contributed by atoms with Gasteiger partial charge in [0.2, 0.25) is 0 Å². The summed E-state index contributed by atoms with van der Waals surface area (Å²) in [5.41, 5.74) is 1.04. The van der Waals surface area contributed by atoms with Crippen LogP contribution in [0.2, 0.25) is 0 Å². The molecule has 2 aromatic rings. The van der Waals surface area contributed by atoms with Crippen LogP contribution in [0.5, 0.6) is 0 Å². The third-order valence-corrected chi connectivity index (χ3v) is 5.37. The Morgan fingerprint density at radius 3 is 2.96 bits per heavy atom. The molecular formula is C21H29FN4O. The van der Waals surface area contributed by atoms with Gasteiger partial charge in [-0.2, -0.15) is 0 Å². The minimum Gasteiger partial charge on any atom is -0.336 e. The molecule has 0 saturated carbocycles. The molecule has 0 bridgehead atoms. The topological polar surface area (TPSA) is 41.4 Å². The van der Waals surface area contributed by atoms with Gasteiger partial charge in [0.1, 0.15) is 5.82 Å². The van der Waals surface area contributed by atoms with E-state index in [9.17, 15) is 9.18 Å². The van der Waals surface area contributed by atoms with Gasteiger partial charge < -0.3 is 14.4 Å². The van der Waals surface area contributed by atoms with E-state index in [1.54, 1.807) is 29.1 Å². The van der Waals surface area contributed by atoms with E-state index in [-0.39, 0.29) is 11.7 Å². The molecule has 0 spiro atoms. The van der Waals surface area contributed by atoms with Crippen LogP contribution in [-0.2, 0) is 13.5 Å². The fraction of sp³-hybridized carbons (Fsp3) is 0.524. The zero-order valence-corrected chi connectivity index (χ0v) is 16.3. The largest absolute Gasteiger partial charge is 0.336 e. The number of hydrogen-bond acceptors (Lipinski definition) is 3. The number of halogens is 1. The number of amides is 1. The summed E-state index contributed by atoms with van der Waals surface area (Å²) in [5, 5.41) is 0. The number of rotatable bonds is 7. The molecule has 27 heavy (non-hydrogen) atoms. The van der Waals surface area contributed by atoms with Crippen molar-refractivity contribution in [1.82, 2.24) is 19.4 Å². The average molecular weight is 372 g/mol. The number of aromatic nitrogens is 2. The van der Waals surface area contributed by atoms with Gasteiger partial charge in [-0.15, -0.1) is 0 Å². The first-order chi connectivity index (χ1) is 13.1. The van der Waals surface area contributed by atoms with Crippen LogP contribution in [0.15, 0.2) is 36.7 Å². The van der Waals surface area contributed by atoms with Gasteiger partial charge in [-0.1, -0.05) is 12.1 Å². The van der Waals surface area contributed by atoms with Crippen LogP contribution in [0.25, 0.3) is 0 Å². The zero-order chi connectivity index (χ0) is 19.2. The van der Waals surface area contributed by atoms with Gasteiger partial charge in [-0.3, -0.25) is 4.79 Å². The predicted octanol–water partition coefficient (Wildman–Crippen LogP) is 2.98. The summed E-state index contributed by atoms with van der Waals surface area (Å²) in [5.74, 6) is 0.795. The number of nitrogens with zero attached hydrogens (tertiary/aromatic N) is 4.